The fourth-order valence-electron chi connectivity index (χ4n) is 4.33. The molecule has 4 rings (SSSR count). The van der Waals surface area contributed by atoms with E-state index in [1.807, 2.05) is 49.4 Å². The summed E-state index contributed by atoms with van der Waals surface area (Å²) in [5, 5.41) is 14.9. The number of halogens is 1. The number of rotatable bonds is 3. The highest BCUT2D eigenvalue weighted by atomic mass is 35.5. The lowest BCUT2D eigenvalue weighted by Crippen LogP contribution is -2.48. The molecule has 1 amide bonds. The molecule has 0 aromatic heterocycles. The third-order valence-electron chi connectivity index (χ3n) is 6.07. The van der Waals surface area contributed by atoms with Crippen LogP contribution in [0.3, 0.4) is 0 Å². The Bertz CT molecular complexity index is 941. The Labute approximate surface area is 170 Å². The number of amides is 1. The molecule has 28 heavy (non-hydrogen) atoms. The molecule has 0 unspecified atom stereocenters. The van der Waals surface area contributed by atoms with E-state index in [2.05, 4.69) is 5.32 Å². The van der Waals surface area contributed by atoms with Gasteiger partial charge in [-0.05, 0) is 73.1 Å². The number of carbonyl (C=O) groups is 1. The second-order valence-electron chi connectivity index (χ2n) is 7.73. The van der Waals surface area contributed by atoms with Crippen molar-refractivity contribution >= 4 is 23.1 Å². The number of aliphatic hydroxyl groups excluding tert-OH is 1. The van der Waals surface area contributed by atoms with E-state index >= 15 is 0 Å². The number of hydrogen-bond acceptors (Lipinski definition) is 3. The highest BCUT2D eigenvalue weighted by Gasteiger charge is 2.48. The zero-order chi connectivity index (χ0) is 19.9. The molecular formula is C23H24ClNO3. The molecule has 1 aliphatic heterocycles. The minimum atomic E-state index is -0.663. The largest absolute Gasteiger partial charge is 0.509 e. The van der Waals surface area contributed by atoms with Gasteiger partial charge in [0.1, 0.15) is 5.76 Å². The van der Waals surface area contributed by atoms with Crippen LogP contribution in [0.2, 0.25) is 5.02 Å². The minimum absolute atomic E-state index is 0.170. The standard InChI is InChI=1S/C23H24ClNO3/c1-14-3-4-16(15-5-7-17(24)8-6-15)13-19(14)20-21(26)23(25-22(20)27)11-9-18(28-2)10-12-23/h3-8,13,18,26H,9-12H2,1-2H3,(H,25,27). The van der Waals surface area contributed by atoms with E-state index in [1.165, 1.54) is 0 Å². The highest BCUT2D eigenvalue weighted by Crippen LogP contribution is 2.42. The van der Waals surface area contributed by atoms with Crippen molar-refractivity contribution in [1.82, 2.24) is 5.32 Å². The Morgan fingerprint density at radius 3 is 2.39 bits per heavy atom. The lowest BCUT2D eigenvalue weighted by Gasteiger charge is -2.36. The third-order valence-corrected chi connectivity index (χ3v) is 6.33. The Morgan fingerprint density at radius 2 is 1.75 bits per heavy atom. The van der Waals surface area contributed by atoms with Crippen molar-refractivity contribution in [2.24, 2.45) is 0 Å². The van der Waals surface area contributed by atoms with Crippen molar-refractivity contribution in [2.45, 2.75) is 44.2 Å². The van der Waals surface area contributed by atoms with Gasteiger partial charge in [0.15, 0.2) is 0 Å². The first-order chi connectivity index (χ1) is 13.4. The number of aryl methyl sites for hydroxylation is 1. The van der Waals surface area contributed by atoms with E-state index in [0.717, 1.165) is 35.1 Å². The molecule has 2 aromatic carbocycles. The average molecular weight is 398 g/mol. The Morgan fingerprint density at radius 1 is 1.11 bits per heavy atom. The Balaban J connectivity index is 1.74. The van der Waals surface area contributed by atoms with Gasteiger partial charge in [0.2, 0.25) is 0 Å². The second-order valence-corrected chi connectivity index (χ2v) is 8.17. The number of methoxy groups -OCH3 is 1. The summed E-state index contributed by atoms with van der Waals surface area (Å²) in [4.78, 5) is 12.9. The van der Waals surface area contributed by atoms with Crippen LogP contribution in [0.5, 0.6) is 0 Å². The summed E-state index contributed by atoms with van der Waals surface area (Å²) in [6, 6.07) is 13.6. The van der Waals surface area contributed by atoms with Gasteiger partial charge in [-0.2, -0.15) is 0 Å². The number of carbonyl (C=O) groups excluding carboxylic acids is 1. The predicted molar refractivity (Wildman–Crippen MR) is 111 cm³/mol. The van der Waals surface area contributed by atoms with Crippen LogP contribution in [0, 0.1) is 6.92 Å². The first-order valence-corrected chi connectivity index (χ1v) is 9.97. The number of hydrogen-bond donors (Lipinski definition) is 2. The van der Waals surface area contributed by atoms with Gasteiger partial charge >= 0.3 is 0 Å². The maximum Gasteiger partial charge on any atom is 0.256 e. The minimum Gasteiger partial charge on any atom is -0.509 e. The molecule has 0 saturated heterocycles. The molecule has 5 heteroatoms. The van der Waals surface area contributed by atoms with Gasteiger partial charge in [-0.3, -0.25) is 4.79 Å². The van der Waals surface area contributed by atoms with Gasteiger partial charge in [-0.15, -0.1) is 0 Å². The lowest BCUT2D eigenvalue weighted by atomic mass is 9.79. The molecule has 0 atom stereocenters. The lowest BCUT2D eigenvalue weighted by molar-refractivity contribution is -0.116. The van der Waals surface area contributed by atoms with Crippen LogP contribution in [0.15, 0.2) is 48.2 Å². The van der Waals surface area contributed by atoms with E-state index in [-0.39, 0.29) is 17.8 Å². The van der Waals surface area contributed by atoms with Crippen molar-refractivity contribution in [1.29, 1.82) is 0 Å². The average Bonchev–Trinajstić information content (AvgIpc) is 2.93. The molecule has 146 valence electrons. The summed E-state index contributed by atoms with van der Waals surface area (Å²) in [6.45, 7) is 1.96. The predicted octanol–water partition coefficient (Wildman–Crippen LogP) is 5.04. The van der Waals surface area contributed by atoms with Crippen LogP contribution in [0.4, 0.5) is 0 Å². The maximum absolute atomic E-state index is 12.9. The van der Waals surface area contributed by atoms with Gasteiger partial charge in [0.05, 0.1) is 17.2 Å². The molecule has 1 spiro atoms. The summed E-state index contributed by atoms with van der Waals surface area (Å²) in [5.74, 6) is -0.0341. The monoisotopic (exact) mass is 397 g/mol. The quantitative estimate of drug-likeness (QED) is 0.762. The van der Waals surface area contributed by atoms with Crippen molar-refractivity contribution in [3.8, 4) is 11.1 Å². The van der Waals surface area contributed by atoms with E-state index in [9.17, 15) is 9.90 Å². The van der Waals surface area contributed by atoms with Crippen LogP contribution in [-0.4, -0.2) is 29.8 Å². The zero-order valence-corrected chi connectivity index (χ0v) is 16.8. The number of nitrogens with one attached hydrogen (secondary N) is 1. The molecular weight excluding hydrogens is 374 g/mol. The molecule has 2 N–H and O–H groups in total. The molecule has 2 aromatic rings. The summed E-state index contributed by atoms with van der Waals surface area (Å²) in [5.41, 5.74) is 3.45. The van der Waals surface area contributed by atoms with Crippen LogP contribution in [0.1, 0.15) is 36.8 Å². The molecule has 1 heterocycles. The first kappa shape index (κ1) is 19.0. The van der Waals surface area contributed by atoms with Gasteiger partial charge in [0, 0.05) is 12.1 Å². The SMILES string of the molecule is COC1CCC2(CC1)NC(=O)C(c1cc(-c3ccc(Cl)cc3)ccc1C)=C2O. The van der Waals surface area contributed by atoms with Crippen molar-refractivity contribution in [3.05, 3.63) is 64.4 Å². The molecule has 0 bridgehead atoms. The van der Waals surface area contributed by atoms with Gasteiger partial charge in [-0.25, -0.2) is 0 Å². The highest BCUT2D eigenvalue weighted by molar-refractivity contribution is 6.30. The van der Waals surface area contributed by atoms with E-state index in [4.69, 9.17) is 16.3 Å². The van der Waals surface area contributed by atoms with Crippen LogP contribution >= 0.6 is 11.6 Å². The molecule has 1 aliphatic carbocycles. The number of aliphatic hydroxyl groups is 1. The van der Waals surface area contributed by atoms with Gasteiger partial charge in [0.25, 0.3) is 5.91 Å². The molecule has 1 saturated carbocycles. The van der Waals surface area contributed by atoms with E-state index in [1.54, 1.807) is 7.11 Å². The topological polar surface area (TPSA) is 58.6 Å². The Hall–Kier alpha value is -2.30. The summed E-state index contributed by atoms with van der Waals surface area (Å²) < 4.78 is 5.44. The van der Waals surface area contributed by atoms with Crippen molar-refractivity contribution < 1.29 is 14.6 Å². The van der Waals surface area contributed by atoms with Crippen LogP contribution in [-0.2, 0) is 9.53 Å². The summed E-state index contributed by atoms with van der Waals surface area (Å²) >= 11 is 6.00. The van der Waals surface area contributed by atoms with Crippen molar-refractivity contribution in [3.63, 3.8) is 0 Å². The molecule has 4 nitrogen and oxygen atoms in total. The maximum atomic E-state index is 12.9. The number of ether oxygens (including phenoxy) is 1. The van der Waals surface area contributed by atoms with E-state index < -0.39 is 5.54 Å². The smallest absolute Gasteiger partial charge is 0.256 e. The van der Waals surface area contributed by atoms with E-state index in [0.29, 0.717) is 23.4 Å². The second kappa shape index (κ2) is 7.26. The number of benzene rings is 2. The van der Waals surface area contributed by atoms with Crippen molar-refractivity contribution in [2.75, 3.05) is 7.11 Å². The summed E-state index contributed by atoms with van der Waals surface area (Å²) in [7, 11) is 1.71. The zero-order valence-electron chi connectivity index (χ0n) is 16.1. The van der Waals surface area contributed by atoms with Crippen LogP contribution in [0.25, 0.3) is 16.7 Å². The van der Waals surface area contributed by atoms with Crippen LogP contribution < -0.4 is 5.32 Å². The Kier molecular flexibility index (Phi) is 4.94. The fraction of sp³-hybridized carbons (Fsp3) is 0.348. The first-order valence-electron chi connectivity index (χ1n) is 9.59. The van der Waals surface area contributed by atoms with Gasteiger partial charge in [-0.1, -0.05) is 35.9 Å². The summed E-state index contributed by atoms with van der Waals surface area (Å²) in [6.07, 6.45) is 3.19. The third kappa shape index (κ3) is 3.21. The van der Waals surface area contributed by atoms with Gasteiger partial charge < -0.3 is 15.2 Å². The molecule has 0 radical (unpaired) electrons. The molecule has 2 aliphatic rings. The molecule has 1 fully saturated rings. The normalized spacial score (nSPS) is 24.7. The fourth-order valence-corrected chi connectivity index (χ4v) is 4.46.